The number of rotatable bonds is 3. The number of aromatic carboxylic acids is 1. The van der Waals surface area contributed by atoms with Crippen molar-refractivity contribution in [2.45, 2.75) is 5.75 Å². The van der Waals surface area contributed by atoms with E-state index in [0.29, 0.717) is 0 Å². The molecule has 0 bridgehead atoms. The molecule has 5 heteroatoms. The fraction of sp³-hybridized carbons (Fsp3) is 0.333. The molecule has 1 heterocycles. The number of aromatic amines is 1. The van der Waals surface area contributed by atoms with Gasteiger partial charge in [-0.2, -0.15) is 16.9 Å². The summed E-state index contributed by atoms with van der Waals surface area (Å²) >= 11 is 1.62. The van der Waals surface area contributed by atoms with Gasteiger partial charge in [-0.05, 0) is 12.3 Å². The summed E-state index contributed by atoms with van der Waals surface area (Å²) in [4.78, 5) is 10.3. The van der Waals surface area contributed by atoms with Gasteiger partial charge in [-0.25, -0.2) is 4.79 Å². The molecule has 0 saturated heterocycles. The van der Waals surface area contributed by atoms with Crippen molar-refractivity contribution in [3.8, 4) is 0 Å². The van der Waals surface area contributed by atoms with Gasteiger partial charge in [0.05, 0.1) is 0 Å². The standard InChI is InChI=1S/C6H8N2O2S/c1-11-3-4-2-5(6(9)10)8-7-4/h2H,3H2,1H3,(H,7,8)(H,9,10). The molecule has 0 spiro atoms. The van der Waals surface area contributed by atoms with Gasteiger partial charge < -0.3 is 5.11 Å². The van der Waals surface area contributed by atoms with Gasteiger partial charge in [0.25, 0.3) is 0 Å². The molecule has 1 aromatic heterocycles. The van der Waals surface area contributed by atoms with E-state index in [1.54, 1.807) is 17.8 Å². The van der Waals surface area contributed by atoms with Crippen LogP contribution >= 0.6 is 11.8 Å². The van der Waals surface area contributed by atoms with Crippen LogP contribution in [0, 0.1) is 0 Å². The molecule has 2 N–H and O–H groups in total. The van der Waals surface area contributed by atoms with E-state index < -0.39 is 5.97 Å². The highest BCUT2D eigenvalue weighted by Crippen LogP contribution is 2.06. The van der Waals surface area contributed by atoms with Crippen LogP contribution in [0.1, 0.15) is 16.2 Å². The zero-order valence-corrected chi connectivity index (χ0v) is 6.81. The summed E-state index contributed by atoms with van der Waals surface area (Å²) in [7, 11) is 0. The highest BCUT2D eigenvalue weighted by Gasteiger charge is 2.06. The number of H-pyrrole nitrogens is 1. The highest BCUT2D eigenvalue weighted by atomic mass is 32.2. The Morgan fingerprint density at radius 2 is 2.64 bits per heavy atom. The topological polar surface area (TPSA) is 66.0 Å². The van der Waals surface area contributed by atoms with Crippen LogP contribution in [0.15, 0.2) is 6.07 Å². The van der Waals surface area contributed by atoms with E-state index in [4.69, 9.17) is 5.11 Å². The number of aromatic nitrogens is 2. The van der Waals surface area contributed by atoms with Crippen molar-refractivity contribution in [1.82, 2.24) is 10.2 Å². The molecular weight excluding hydrogens is 164 g/mol. The summed E-state index contributed by atoms with van der Waals surface area (Å²) in [6.45, 7) is 0. The molecule has 4 nitrogen and oxygen atoms in total. The maximum absolute atomic E-state index is 10.3. The third kappa shape index (κ3) is 1.98. The van der Waals surface area contributed by atoms with Gasteiger partial charge >= 0.3 is 5.97 Å². The summed E-state index contributed by atoms with van der Waals surface area (Å²) in [5.41, 5.74) is 0.920. The maximum atomic E-state index is 10.3. The maximum Gasteiger partial charge on any atom is 0.356 e. The quantitative estimate of drug-likeness (QED) is 0.713. The molecule has 0 aliphatic carbocycles. The smallest absolute Gasteiger partial charge is 0.356 e. The van der Waals surface area contributed by atoms with E-state index in [2.05, 4.69) is 10.2 Å². The average molecular weight is 172 g/mol. The largest absolute Gasteiger partial charge is 0.476 e. The van der Waals surface area contributed by atoms with E-state index in [9.17, 15) is 4.79 Å². The second-order valence-corrected chi connectivity index (χ2v) is 2.88. The van der Waals surface area contributed by atoms with Crippen molar-refractivity contribution >= 4 is 17.7 Å². The lowest BCUT2D eigenvalue weighted by Crippen LogP contribution is -1.95. The fourth-order valence-electron chi connectivity index (χ4n) is 0.701. The van der Waals surface area contributed by atoms with E-state index in [1.165, 1.54) is 0 Å². The number of nitrogens with zero attached hydrogens (tertiary/aromatic N) is 1. The lowest BCUT2D eigenvalue weighted by Gasteiger charge is -1.86. The third-order valence-electron chi connectivity index (χ3n) is 1.15. The minimum Gasteiger partial charge on any atom is -0.476 e. The summed E-state index contributed by atoms with van der Waals surface area (Å²) < 4.78 is 0. The molecule has 11 heavy (non-hydrogen) atoms. The number of carboxylic acid groups (broad SMARTS) is 1. The van der Waals surface area contributed by atoms with Gasteiger partial charge in [-0.3, -0.25) is 5.10 Å². The van der Waals surface area contributed by atoms with E-state index in [1.807, 2.05) is 6.26 Å². The summed E-state index contributed by atoms with van der Waals surface area (Å²) in [5.74, 6) is -0.228. The second kappa shape index (κ2) is 3.43. The Hall–Kier alpha value is -0.970. The normalized spacial score (nSPS) is 9.91. The van der Waals surface area contributed by atoms with Crippen LogP contribution in [-0.4, -0.2) is 27.5 Å². The molecule has 0 saturated carbocycles. The Bertz CT molecular complexity index is 259. The molecule has 60 valence electrons. The number of hydrogen-bond donors (Lipinski definition) is 2. The van der Waals surface area contributed by atoms with E-state index >= 15 is 0 Å². The Balaban J connectivity index is 2.73. The van der Waals surface area contributed by atoms with E-state index in [-0.39, 0.29) is 5.69 Å². The lowest BCUT2D eigenvalue weighted by molar-refractivity contribution is 0.0690. The molecule has 0 aromatic carbocycles. The van der Waals surface area contributed by atoms with Crippen molar-refractivity contribution in [1.29, 1.82) is 0 Å². The average Bonchev–Trinajstić information content (AvgIpc) is 2.37. The Kier molecular flexibility index (Phi) is 2.53. The second-order valence-electron chi connectivity index (χ2n) is 2.02. The molecule has 0 unspecified atom stereocenters. The molecule has 0 aliphatic rings. The van der Waals surface area contributed by atoms with Crippen LogP contribution in [0.2, 0.25) is 0 Å². The zero-order valence-electron chi connectivity index (χ0n) is 6.00. The third-order valence-corrected chi connectivity index (χ3v) is 1.75. The van der Waals surface area contributed by atoms with Gasteiger partial charge in [0.1, 0.15) is 0 Å². The molecular formula is C6H8N2O2S. The van der Waals surface area contributed by atoms with Crippen LogP contribution in [0.3, 0.4) is 0 Å². The number of hydrogen-bond acceptors (Lipinski definition) is 3. The van der Waals surface area contributed by atoms with Crippen LogP contribution < -0.4 is 0 Å². The monoisotopic (exact) mass is 172 g/mol. The van der Waals surface area contributed by atoms with Gasteiger partial charge in [0.2, 0.25) is 0 Å². The van der Waals surface area contributed by atoms with Crippen LogP contribution in [0.5, 0.6) is 0 Å². The van der Waals surface area contributed by atoms with Gasteiger partial charge in [0, 0.05) is 11.4 Å². The van der Waals surface area contributed by atoms with Crippen molar-refractivity contribution in [2.24, 2.45) is 0 Å². The summed E-state index contributed by atoms with van der Waals surface area (Å²) in [6.07, 6.45) is 1.95. The van der Waals surface area contributed by atoms with Crippen molar-refractivity contribution < 1.29 is 9.90 Å². The van der Waals surface area contributed by atoms with Crippen molar-refractivity contribution in [2.75, 3.05) is 6.26 Å². The van der Waals surface area contributed by atoms with Gasteiger partial charge in [-0.15, -0.1) is 0 Å². The van der Waals surface area contributed by atoms with Crippen molar-refractivity contribution in [3.63, 3.8) is 0 Å². The van der Waals surface area contributed by atoms with Crippen LogP contribution in [0.25, 0.3) is 0 Å². The SMILES string of the molecule is CSCc1cc(C(=O)O)n[nH]1. The molecule has 1 rings (SSSR count). The molecule has 0 amide bonds. The molecule has 1 aromatic rings. The van der Waals surface area contributed by atoms with Gasteiger partial charge in [0.15, 0.2) is 5.69 Å². The van der Waals surface area contributed by atoms with E-state index in [0.717, 1.165) is 11.4 Å². The zero-order chi connectivity index (χ0) is 8.27. The first kappa shape index (κ1) is 8.13. The Labute approximate surface area is 68.0 Å². The number of carbonyl (C=O) groups is 1. The van der Waals surface area contributed by atoms with Crippen LogP contribution in [0.4, 0.5) is 0 Å². The molecule has 0 radical (unpaired) electrons. The minimum absolute atomic E-state index is 0.0778. The summed E-state index contributed by atoms with van der Waals surface area (Å²) in [6, 6.07) is 1.54. The first-order valence-corrected chi connectivity index (χ1v) is 4.40. The highest BCUT2D eigenvalue weighted by molar-refractivity contribution is 7.97. The minimum atomic E-state index is -0.992. The Morgan fingerprint density at radius 3 is 3.09 bits per heavy atom. The number of nitrogens with one attached hydrogen (secondary N) is 1. The first-order chi connectivity index (χ1) is 5.24. The molecule has 0 fully saturated rings. The number of thioether (sulfide) groups is 1. The lowest BCUT2D eigenvalue weighted by atomic mass is 10.4. The van der Waals surface area contributed by atoms with Crippen molar-refractivity contribution in [3.05, 3.63) is 17.5 Å². The van der Waals surface area contributed by atoms with Gasteiger partial charge in [-0.1, -0.05) is 0 Å². The van der Waals surface area contributed by atoms with Crippen LogP contribution in [-0.2, 0) is 5.75 Å². The first-order valence-electron chi connectivity index (χ1n) is 3.00. The molecule has 0 aliphatic heterocycles. The number of carboxylic acids is 1. The predicted octanol–water partition coefficient (Wildman–Crippen LogP) is 0.971. The molecule has 0 atom stereocenters. The Morgan fingerprint density at radius 1 is 1.91 bits per heavy atom. The fourth-order valence-corrected chi connectivity index (χ4v) is 1.16. The predicted molar refractivity (Wildman–Crippen MR) is 42.8 cm³/mol. The summed E-state index contributed by atoms with van der Waals surface area (Å²) in [5, 5.41) is 14.7.